The van der Waals surface area contributed by atoms with Gasteiger partial charge in [0.2, 0.25) is 10.0 Å². The van der Waals surface area contributed by atoms with Gasteiger partial charge in [-0.25, -0.2) is 12.7 Å². The minimum Gasteiger partial charge on any atom is -0.212 e. The molecule has 4 heteroatoms. The van der Waals surface area contributed by atoms with Gasteiger partial charge in [-0.3, -0.25) is 0 Å². The van der Waals surface area contributed by atoms with Gasteiger partial charge >= 0.3 is 0 Å². The summed E-state index contributed by atoms with van der Waals surface area (Å²) in [6, 6.07) is 0. The second-order valence-corrected chi connectivity index (χ2v) is 6.19. The molecular formula is C9H19NO2S. The minimum atomic E-state index is -2.85. The zero-order valence-corrected chi connectivity index (χ0v) is 9.31. The maximum absolute atomic E-state index is 11.4. The van der Waals surface area contributed by atoms with E-state index in [1.165, 1.54) is 0 Å². The van der Waals surface area contributed by atoms with Crippen LogP contribution in [0.2, 0.25) is 0 Å². The standard InChI is InChI=1S/C9H19NO2S/c1-9(2)5-3-6-10-7-4-8-13(10,11)12/h9H,3-8H2,1-2H3. The lowest BCUT2D eigenvalue weighted by atomic mass is 10.1. The van der Waals surface area contributed by atoms with E-state index in [1.807, 2.05) is 0 Å². The van der Waals surface area contributed by atoms with E-state index in [4.69, 9.17) is 0 Å². The van der Waals surface area contributed by atoms with Crippen LogP contribution < -0.4 is 0 Å². The van der Waals surface area contributed by atoms with E-state index in [9.17, 15) is 8.42 Å². The van der Waals surface area contributed by atoms with Crippen molar-refractivity contribution in [3.05, 3.63) is 0 Å². The van der Waals surface area contributed by atoms with Gasteiger partial charge in [-0.05, 0) is 25.2 Å². The summed E-state index contributed by atoms with van der Waals surface area (Å²) in [6.07, 6.45) is 2.92. The third-order valence-corrected chi connectivity index (χ3v) is 4.35. The Morgan fingerprint density at radius 2 is 2.08 bits per heavy atom. The quantitative estimate of drug-likeness (QED) is 0.697. The van der Waals surface area contributed by atoms with E-state index in [0.29, 0.717) is 11.7 Å². The Balaban J connectivity index is 2.29. The molecule has 0 unspecified atom stereocenters. The van der Waals surface area contributed by atoms with E-state index >= 15 is 0 Å². The van der Waals surface area contributed by atoms with Gasteiger partial charge < -0.3 is 0 Å². The van der Waals surface area contributed by atoms with Crippen LogP contribution in [0, 0.1) is 5.92 Å². The topological polar surface area (TPSA) is 37.4 Å². The number of sulfonamides is 1. The predicted octanol–water partition coefficient (Wildman–Crippen LogP) is 1.46. The molecule has 0 aliphatic carbocycles. The molecule has 0 aromatic heterocycles. The van der Waals surface area contributed by atoms with Gasteiger partial charge in [0, 0.05) is 13.1 Å². The van der Waals surface area contributed by atoms with E-state index in [-0.39, 0.29) is 0 Å². The summed E-state index contributed by atoms with van der Waals surface area (Å²) in [5, 5.41) is 0. The summed E-state index contributed by atoms with van der Waals surface area (Å²) >= 11 is 0. The molecule has 0 spiro atoms. The highest BCUT2D eigenvalue weighted by Crippen LogP contribution is 2.15. The first-order valence-electron chi connectivity index (χ1n) is 5.00. The number of hydrogen-bond donors (Lipinski definition) is 0. The van der Waals surface area contributed by atoms with Crippen molar-refractivity contribution in [2.75, 3.05) is 18.8 Å². The summed E-state index contributed by atoms with van der Waals surface area (Å²) < 4.78 is 24.4. The average molecular weight is 205 g/mol. The molecule has 0 radical (unpaired) electrons. The third kappa shape index (κ3) is 3.27. The predicted molar refractivity (Wildman–Crippen MR) is 54.0 cm³/mol. The molecule has 0 amide bonds. The van der Waals surface area contributed by atoms with Crippen LogP contribution >= 0.6 is 0 Å². The van der Waals surface area contributed by atoms with Crippen molar-refractivity contribution in [2.45, 2.75) is 33.1 Å². The molecule has 0 N–H and O–H groups in total. The second kappa shape index (κ2) is 4.42. The van der Waals surface area contributed by atoms with Crippen molar-refractivity contribution in [1.29, 1.82) is 0 Å². The van der Waals surface area contributed by atoms with Crippen LogP contribution in [0.15, 0.2) is 0 Å². The number of rotatable bonds is 4. The zero-order valence-electron chi connectivity index (χ0n) is 8.49. The van der Waals surface area contributed by atoms with E-state index in [0.717, 1.165) is 32.4 Å². The van der Waals surface area contributed by atoms with Crippen molar-refractivity contribution in [2.24, 2.45) is 5.92 Å². The molecule has 1 rings (SSSR count). The Hall–Kier alpha value is -0.0900. The van der Waals surface area contributed by atoms with Crippen LogP contribution in [0.4, 0.5) is 0 Å². The Bertz CT molecular complexity index is 246. The largest absolute Gasteiger partial charge is 0.214 e. The first kappa shape index (κ1) is 11.0. The Kier molecular flexibility index (Phi) is 3.74. The molecule has 0 aromatic rings. The molecular weight excluding hydrogens is 186 g/mol. The maximum atomic E-state index is 11.4. The summed E-state index contributed by atoms with van der Waals surface area (Å²) in [5.74, 6) is 1.03. The van der Waals surface area contributed by atoms with Crippen molar-refractivity contribution in [3.63, 3.8) is 0 Å². The molecule has 0 bridgehead atoms. The fraction of sp³-hybridized carbons (Fsp3) is 1.00. The normalized spacial score (nSPS) is 22.7. The Morgan fingerprint density at radius 3 is 2.54 bits per heavy atom. The first-order valence-corrected chi connectivity index (χ1v) is 6.61. The lowest BCUT2D eigenvalue weighted by molar-refractivity contribution is 0.412. The molecule has 1 fully saturated rings. The van der Waals surface area contributed by atoms with Crippen molar-refractivity contribution in [3.8, 4) is 0 Å². The average Bonchev–Trinajstić information content (AvgIpc) is 2.30. The van der Waals surface area contributed by atoms with Crippen molar-refractivity contribution < 1.29 is 8.42 Å². The highest BCUT2D eigenvalue weighted by molar-refractivity contribution is 7.89. The highest BCUT2D eigenvalue weighted by atomic mass is 32.2. The molecule has 0 saturated carbocycles. The maximum Gasteiger partial charge on any atom is 0.214 e. The van der Waals surface area contributed by atoms with E-state index in [2.05, 4.69) is 13.8 Å². The lowest BCUT2D eigenvalue weighted by Gasteiger charge is -2.14. The Labute approximate surface area is 81.2 Å². The van der Waals surface area contributed by atoms with Crippen LogP contribution in [0.5, 0.6) is 0 Å². The molecule has 0 aromatic carbocycles. The summed E-state index contributed by atoms with van der Waals surface area (Å²) in [7, 11) is -2.85. The molecule has 1 aliphatic rings. The van der Waals surface area contributed by atoms with Crippen LogP contribution in [-0.4, -0.2) is 31.6 Å². The van der Waals surface area contributed by atoms with E-state index < -0.39 is 10.0 Å². The van der Waals surface area contributed by atoms with Crippen LogP contribution in [0.1, 0.15) is 33.1 Å². The zero-order chi connectivity index (χ0) is 9.90. The third-order valence-electron chi connectivity index (χ3n) is 2.39. The second-order valence-electron chi connectivity index (χ2n) is 4.10. The highest BCUT2D eigenvalue weighted by Gasteiger charge is 2.27. The lowest BCUT2D eigenvalue weighted by Crippen LogP contribution is -2.26. The molecule has 13 heavy (non-hydrogen) atoms. The van der Waals surface area contributed by atoms with Gasteiger partial charge in [0.1, 0.15) is 0 Å². The molecule has 78 valence electrons. The monoisotopic (exact) mass is 205 g/mol. The van der Waals surface area contributed by atoms with Gasteiger partial charge in [0.05, 0.1) is 5.75 Å². The van der Waals surface area contributed by atoms with Gasteiger partial charge in [-0.15, -0.1) is 0 Å². The molecule has 1 aliphatic heterocycles. The van der Waals surface area contributed by atoms with Crippen LogP contribution in [-0.2, 0) is 10.0 Å². The fourth-order valence-electron chi connectivity index (χ4n) is 1.62. The van der Waals surface area contributed by atoms with Crippen LogP contribution in [0.3, 0.4) is 0 Å². The number of hydrogen-bond acceptors (Lipinski definition) is 2. The smallest absolute Gasteiger partial charge is 0.212 e. The first-order chi connectivity index (χ1) is 6.02. The van der Waals surface area contributed by atoms with Crippen molar-refractivity contribution in [1.82, 2.24) is 4.31 Å². The van der Waals surface area contributed by atoms with E-state index in [1.54, 1.807) is 4.31 Å². The fourth-order valence-corrected chi connectivity index (χ4v) is 3.18. The SMILES string of the molecule is CC(C)CCCN1CCCS1(=O)=O. The summed E-state index contributed by atoms with van der Waals surface area (Å²) in [5.41, 5.74) is 0. The molecule has 3 nitrogen and oxygen atoms in total. The Morgan fingerprint density at radius 1 is 1.38 bits per heavy atom. The van der Waals surface area contributed by atoms with Crippen LogP contribution in [0.25, 0.3) is 0 Å². The minimum absolute atomic E-state index is 0.356. The van der Waals surface area contributed by atoms with Crippen molar-refractivity contribution >= 4 is 10.0 Å². The number of nitrogens with zero attached hydrogens (tertiary/aromatic N) is 1. The summed E-state index contributed by atoms with van der Waals surface area (Å²) in [6.45, 7) is 5.79. The van der Waals surface area contributed by atoms with Gasteiger partial charge in [0.15, 0.2) is 0 Å². The molecule has 1 saturated heterocycles. The molecule has 0 atom stereocenters. The molecule has 1 heterocycles. The van der Waals surface area contributed by atoms with Gasteiger partial charge in [0.25, 0.3) is 0 Å². The van der Waals surface area contributed by atoms with Gasteiger partial charge in [-0.1, -0.05) is 13.8 Å². The summed E-state index contributed by atoms with van der Waals surface area (Å²) in [4.78, 5) is 0. The van der Waals surface area contributed by atoms with Gasteiger partial charge in [-0.2, -0.15) is 0 Å².